The monoisotopic (exact) mass is 367 g/mol. The number of hydrogen-bond donors (Lipinski definition) is 0. The Morgan fingerprint density at radius 1 is 1.19 bits per heavy atom. The third-order valence-corrected chi connectivity index (χ3v) is 5.79. The van der Waals surface area contributed by atoms with Crippen LogP contribution >= 0.6 is 0 Å². The average Bonchev–Trinajstić information content (AvgIpc) is 3.25. The summed E-state index contributed by atoms with van der Waals surface area (Å²) in [5.41, 5.74) is 3.72. The van der Waals surface area contributed by atoms with Crippen molar-refractivity contribution < 1.29 is 9.53 Å². The Hall–Kier alpha value is -2.14. The number of aromatic nitrogens is 2. The van der Waals surface area contributed by atoms with Crippen LogP contribution in [-0.4, -0.2) is 46.4 Å². The van der Waals surface area contributed by atoms with E-state index in [2.05, 4.69) is 11.2 Å². The van der Waals surface area contributed by atoms with Crippen molar-refractivity contribution in [3.05, 3.63) is 47.3 Å². The van der Waals surface area contributed by atoms with E-state index in [1.807, 2.05) is 47.7 Å². The van der Waals surface area contributed by atoms with Gasteiger partial charge in [0.25, 0.3) is 5.91 Å². The summed E-state index contributed by atoms with van der Waals surface area (Å²) >= 11 is 0. The Bertz CT molecular complexity index is 804. The molecule has 27 heavy (non-hydrogen) atoms. The van der Waals surface area contributed by atoms with Crippen LogP contribution in [0.15, 0.2) is 30.3 Å². The number of ether oxygens (including phenoxy) is 1. The number of amides is 1. The highest BCUT2D eigenvalue weighted by atomic mass is 16.5. The molecule has 1 unspecified atom stereocenters. The third kappa shape index (κ3) is 4.08. The molecule has 2 fully saturated rings. The molecule has 1 aromatic heterocycles. The average molecular weight is 367 g/mol. The van der Waals surface area contributed by atoms with Gasteiger partial charge in [0, 0.05) is 31.0 Å². The molecule has 2 heterocycles. The Kier molecular flexibility index (Phi) is 5.30. The van der Waals surface area contributed by atoms with Gasteiger partial charge in [-0.2, -0.15) is 5.10 Å². The van der Waals surface area contributed by atoms with Crippen molar-refractivity contribution in [3.63, 3.8) is 0 Å². The van der Waals surface area contributed by atoms with Gasteiger partial charge in [-0.05, 0) is 69.7 Å². The predicted molar refractivity (Wildman–Crippen MR) is 105 cm³/mol. The second kappa shape index (κ2) is 7.85. The quantitative estimate of drug-likeness (QED) is 0.778. The number of hydrogen-bond acceptors (Lipinski definition) is 3. The van der Waals surface area contributed by atoms with E-state index in [0.29, 0.717) is 12.5 Å². The lowest BCUT2D eigenvalue weighted by Gasteiger charge is -2.33. The van der Waals surface area contributed by atoms with Crippen LogP contribution in [-0.2, 0) is 4.74 Å². The fraction of sp³-hybridized carbons (Fsp3) is 0.545. The summed E-state index contributed by atoms with van der Waals surface area (Å²) in [6.07, 6.45) is 6.11. The number of rotatable bonds is 6. The van der Waals surface area contributed by atoms with E-state index in [4.69, 9.17) is 4.74 Å². The normalized spacial score (nSPS) is 19.9. The summed E-state index contributed by atoms with van der Waals surface area (Å²) in [5, 5.41) is 4.55. The summed E-state index contributed by atoms with van der Waals surface area (Å²) in [5.74, 6) is 0.760. The lowest BCUT2D eigenvalue weighted by molar-refractivity contribution is 0.0448. The van der Waals surface area contributed by atoms with Crippen molar-refractivity contribution in [2.75, 3.05) is 19.7 Å². The SMILES string of the molecule is Cc1cc(C)n(-c2cccc(C(=O)N(CC3CCC3)CC3CCCO3)c2)n1. The highest BCUT2D eigenvalue weighted by molar-refractivity contribution is 5.94. The molecule has 5 heteroatoms. The fourth-order valence-electron chi connectivity index (χ4n) is 4.11. The van der Waals surface area contributed by atoms with E-state index in [0.717, 1.165) is 48.6 Å². The maximum Gasteiger partial charge on any atom is 0.254 e. The van der Waals surface area contributed by atoms with Crippen molar-refractivity contribution in [3.8, 4) is 5.69 Å². The van der Waals surface area contributed by atoms with Gasteiger partial charge in [0.2, 0.25) is 0 Å². The van der Waals surface area contributed by atoms with Crippen LogP contribution < -0.4 is 0 Å². The van der Waals surface area contributed by atoms with E-state index in [1.165, 1.54) is 19.3 Å². The molecule has 1 saturated heterocycles. The van der Waals surface area contributed by atoms with Crippen molar-refractivity contribution in [1.29, 1.82) is 0 Å². The Morgan fingerprint density at radius 3 is 2.67 bits per heavy atom. The van der Waals surface area contributed by atoms with Crippen molar-refractivity contribution in [2.45, 2.75) is 52.1 Å². The third-order valence-electron chi connectivity index (χ3n) is 5.79. The smallest absolute Gasteiger partial charge is 0.254 e. The first-order valence-electron chi connectivity index (χ1n) is 10.1. The highest BCUT2D eigenvalue weighted by Gasteiger charge is 2.28. The molecule has 1 amide bonds. The van der Waals surface area contributed by atoms with E-state index in [9.17, 15) is 4.79 Å². The Balaban J connectivity index is 1.56. The van der Waals surface area contributed by atoms with Gasteiger partial charge < -0.3 is 9.64 Å². The zero-order valence-electron chi connectivity index (χ0n) is 16.4. The van der Waals surface area contributed by atoms with Gasteiger partial charge in [-0.3, -0.25) is 4.79 Å². The summed E-state index contributed by atoms with van der Waals surface area (Å²) < 4.78 is 7.71. The predicted octanol–water partition coefficient (Wildman–Crippen LogP) is 3.91. The summed E-state index contributed by atoms with van der Waals surface area (Å²) in [7, 11) is 0. The maximum atomic E-state index is 13.3. The topological polar surface area (TPSA) is 47.4 Å². The molecular weight excluding hydrogens is 338 g/mol. The van der Waals surface area contributed by atoms with Crippen molar-refractivity contribution in [2.24, 2.45) is 5.92 Å². The lowest BCUT2D eigenvalue weighted by atomic mass is 9.85. The summed E-state index contributed by atoms with van der Waals surface area (Å²) in [6, 6.07) is 9.89. The van der Waals surface area contributed by atoms with Crippen LogP contribution in [0.25, 0.3) is 5.69 Å². The highest BCUT2D eigenvalue weighted by Crippen LogP contribution is 2.28. The zero-order chi connectivity index (χ0) is 18.8. The number of nitrogens with zero attached hydrogens (tertiary/aromatic N) is 3. The molecule has 1 atom stereocenters. The number of carbonyl (C=O) groups is 1. The second-order valence-electron chi connectivity index (χ2n) is 8.03. The molecule has 1 aliphatic carbocycles. The Labute approximate surface area is 161 Å². The molecule has 5 nitrogen and oxygen atoms in total. The molecule has 1 aliphatic heterocycles. The standard InChI is InChI=1S/C22H29N3O2/c1-16-12-17(2)25(23-16)20-9-4-8-19(13-20)22(26)24(14-18-6-3-7-18)15-21-10-5-11-27-21/h4,8-9,12-13,18,21H,3,5-7,10-11,14-15H2,1-2H3. The minimum Gasteiger partial charge on any atom is -0.376 e. The minimum absolute atomic E-state index is 0.112. The van der Waals surface area contributed by atoms with Crippen molar-refractivity contribution in [1.82, 2.24) is 14.7 Å². The van der Waals surface area contributed by atoms with Crippen LogP contribution in [0, 0.1) is 19.8 Å². The van der Waals surface area contributed by atoms with Gasteiger partial charge >= 0.3 is 0 Å². The van der Waals surface area contributed by atoms with Crippen LogP contribution in [0.5, 0.6) is 0 Å². The zero-order valence-corrected chi connectivity index (χ0v) is 16.4. The molecule has 0 spiro atoms. The molecule has 2 aliphatic rings. The van der Waals surface area contributed by atoms with E-state index in [-0.39, 0.29) is 12.0 Å². The van der Waals surface area contributed by atoms with Gasteiger partial charge in [-0.25, -0.2) is 4.68 Å². The first kappa shape index (κ1) is 18.2. The molecule has 0 bridgehead atoms. The minimum atomic E-state index is 0.112. The van der Waals surface area contributed by atoms with E-state index >= 15 is 0 Å². The molecule has 1 saturated carbocycles. The molecule has 2 aromatic rings. The van der Waals surface area contributed by atoms with Crippen LogP contribution in [0.1, 0.15) is 53.8 Å². The molecule has 0 radical (unpaired) electrons. The molecule has 1 aromatic carbocycles. The van der Waals surface area contributed by atoms with E-state index < -0.39 is 0 Å². The summed E-state index contributed by atoms with van der Waals surface area (Å²) in [6.45, 7) is 6.40. The largest absolute Gasteiger partial charge is 0.376 e. The number of aryl methyl sites for hydroxylation is 2. The molecule has 0 N–H and O–H groups in total. The fourth-order valence-corrected chi connectivity index (χ4v) is 4.11. The van der Waals surface area contributed by atoms with Gasteiger partial charge in [-0.1, -0.05) is 12.5 Å². The second-order valence-corrected chi connectivity index (χ2v) is 8.03. The first-order chi connectivity index (χ1) is 13.1. The number of benzene rings is 1. The number of carbonyl (C=O) groups excluding carboxylic acids is 1. The molecular formula is C22H29N3O2. The molecule has 144 valence electrons. The van der Waals surface area contributed by atoms with Crippen LogP contribution in [0.2, 0.25) is 0 Å². The van der Waals surface area contributed by atoms with E-state index in [1.54, 1.807) is 0 Å². The summed E-state index contributed by atoms with van der Waals surface area (Å²) in [4.78, 5) is 15.4. The first-order valence-corrected chi connectivity index (χ1v) is 10.1. The molecule has 4 rings (SSSR count). The Morgan fingerprint density at radius 2 is 2.04 bits per heavy atom. The van der Waals surface area contributed by atoms with Crippen LogP contribution in [0.3, 0.4) is 0 Å². The lowest BCUT2D eigenvalue weighted by Crippen LogP contribution is -2.41. The van der Waals surface area contributed by atoms with Crippen LogP contribution in [0.4, 0.5) is 0 Å². The van der Waals surface area contributed by atoms with Gasteiger partial charge in [0.15, 0.2) is 0 Å². The van der Waals surface area contributed by atoms with Gasteiger partial charge in [0.1, 0.15) is 0 Å². The van der Waals surface area contributed by atoms with Gasteiger partial charge in [-0.15, -0.1) is 0 Å². The van der Waals surface area contributed by atoms with Crippen molar-refractivity contribution >= 4 is 5.91 Å². The maximum absolute atomic E-state index is 13.3. The van der Waals surface area contributed by atoms with Gasteiger partial charge in [0.05, 0.1) is 17.5 Å².